The molecule has 1 saturated heterocycles. The molecule has 0 unspecified atom stereocenters. The largest absolute Gasteiger partial charge is 0.334 e. The number of carbonyl (C=O) groups is 1. The molecule has 0 spiro atoms. The van der Waals surface area contributed by atoms with E-state index in [-0.39, 0.29) is 17.7 Å². The average molecular weight is 341 g/mol. The van der Waals surface area contributed by atoms with Crippen LogP contribution in [0.4, 0.5) is 0 Å². The van der Waals surface area contributed by atoms with Crippen LogP contribution in [0.2, 0.25) is 0 Å². The Morgan fingerprint density at radius 2 is 2.04 bits per heavy atom. The van der Waals surface area contributed by atoms with Gasteiger partial charge in [-0.25, -0.2) is 8.42 Å². The van der Waals surface area contributed by atoms with Gasteiger partial charge in [-0.3, -0.25) is 9.48 Å². The Hall–Kier alpha value is -1.37. The fraction of sp³-hybridized carbons (Fsp3) is 0.750. The van der Waals surface area contributed by atoms with Crippen LogP contribution in [0.3, 0.4) is 0 Å². The van der Waals surface area contributed by atoms with Gasteiger partial charge in [0, 0.05) is 24.8 Å². The molecule has 2 heterocycles. The standard InChI is InChI=1S/C16H27N3O3S/c1-6-10-23(21,22)13(4)16(20)19-9-7-8-14(19)15-11(2)17-18(5)12(15)3/h13-14H,6-10H2,1-5H3/t13-,14-/m0/s1. The summed E-state index contributed by atoms with van der Waals surface area (Å²) in [6, 6.07) is -0.0597. The van der Waals surface area contributed by atoms with Crippen molar-refractivity contribution in [1.29, 1.82) is 0 Å². The summed E-state index contributed by atoms with van der Waals surface area (Å²) in [6.45, 7) is 7.89. The lowest BCUT2D eigenvalue weighted by atomic mass is 10.0. The molecule has 130 valence electrons. The number of carbonyl (C=O) groups excluding carboxylic acids is 1. The molecule has 1 fully saturated rings. The highest BCUT2D eigenvalue weighted by Crippen LogP contribution is 2.36. The lowest BCUT2D eigenvalue weighted by Gasteiger charge is -2.28. The highest BCUT2D eigenvalue weighted by atomic mass is 32.2. The number of rotatable bonds is 5. The van der Waals surface area contributed by atoms with Crippen molar-refractivity contribution in [3.05, 3.63) is 17.0 Å². The molecule has 0 radical (unpaired) electrons. The van der Waals surface area contributed by atoms with Gasteiger partial charge in [-0.05, 0) is 40.0 Å². The summed E-state index contributed by atoms with van der Waals surface area (Å²) in [6.07, 6.45) is 2.29. The molecule has 2 atom stereocenters. The normalized spacial score (nSPS) is 20.0. The minimum atomic E-state index is -3.38. The van der Waals surface area contributed by atoms with Crippen molar-refractivity contribution in [2.24, 2.45) is 7.05 Å². The van der Waals surface area contributed by atoms with E-state index in [1.54, 1.807) is 4.90 Å². The van der Waals surface area contributed by atoms with E-state index in [2.05, 4.69) is 5.10 Å². The molecule has 1 aliphatic rings. The maximum atomic E-state index is 12.8. The van der Waals surface area contributed by atoms with Gasteiger partial charge in [0.1, 0.15) is 5.25 Å². The Morgan fingerprint density at radius 3 is 2.57 bits per heavy atom. The Labute approximate surface area is 138 Å². The molecular weight excluding hydrogens is 314 g/mol. The summed E-state index contributed by atoms with van der Waals surface area (Å²) in [5.41, 5.74) is 3.02. The number of hydrogen-bond acceptors (Lipinski definition) is 4. The Morgan fingerprint density at radius 1 is 1.39 bits per heavy atom. The topological polar surface area (TPSA) is 72.3 Å². The van der Waals surface area contributed by atoms with Crippen LogP contribution in [-0.2, 0) is 21.7 Å². The fourth-order valence-corrected chi connectivity index (χ4v) is 4.82. The van der Waals surface area contributed by atoms with Gasteiger partial charge in [-0.1, -0.05) is 6.92 Å². The minimum Gasteiger partial charge on any atom is -0.334 e. The molecule has 1 aromatic heterocycles. The third-order valence-corrected chi connectivity index (χ3v) is 7.07. The predicted molar refractivity (Wildman–Crippen MR) is 89.9 cm³/mol. The summed E-state index contributed by atoms with van der Waals surface area (Å²) in [5, 5.41) is 3.46. The summed E-state index contributed by atoms with van der Waals surface area (Å²) in [5.74, 6) is -0.216. The number of nitrogens with zero attached hydrogens (tertiary/aromatic N) is 3. The number of hydrogen-bond donors (Lipinski definition) is 0. The van der Waals surface area contributed by atoms with Crippen molar-refractivity contribution in [1.82, 2.24) is 14.7 Å². The fourth-order valence-electron chi connectivity index (χ4n) is 3.45. The van der Waals surface area contributed by atoms with Crippen LogP contribution in [0.5, 0.6) is 0 Å². The molecule has 7 heteroatoms. The van der Waals surface area contributed by atoms with Gasteiger partial charge in [0.25, 0.3) is 0 Å². The van der Waals surface area contributed by atoms with Gasteiger partial charge in [0.05, 0.1) is 17.5 Å². The molecule has 23 heavy (non-hydrogen) atoms. The zero-order valence-corrected chi connectivity index (χ0v) is 15.5. The van der Waals surface area contributed by atoms with Gasteiger partial charge < -0.3 is 4.90 Å². The third-order valence-electron chi connectivity index (χ3n) is 4.81. The van der Waals surface area contributed by atoms with Crippen LogP contribution < -0.4 is 0 Å². The second-order valence-corrected chi connectivity index (χ2v) is 8.85. The predicted octanol–water partition coefficient (Wildman–Crippen LogP) is 1.91. The summed E-state index contributed by atoms with van der Waals surface area (Å²) in [4.78, 5) is 14.5. The number of likely N-dealkylation sites (tertiary alicyclic amines) is 1. The summed E-state index contributed by atoms with van der Waals surface area (Å²) >= 11 is 0. The average Bonchev–Trinajstić information content (AvgIpc) is 3.03. The zero-order chi connectivity index (χ0) is 17.4. The van der Waals surface area contributed by atoms with Crippen LogP contribution in [-0.4, -0.2) is 46.6 Å². The molecule has 0 saturated carbocycles. The van der Waals surface area contributed by atoms with Crippen molar-refractivity contribution in [2.75, 3.05) is 12.3 Å². The third kappa shape index (κ3) is 3.29. The Balaban J connectivity index is 2.30. The van der Waals surface area contributed by atoms with Crippen molar-refractivity contribution in [2.45, 2.75) is 58.2 Å². The van der Waals surface area contributed by atoms with E-state index in [0.29, 0.717) is 13.0 Å². The van der Waals surface area contributed by atoms with E-state index in [0.717, 1.165) is 29.8 Å². The van der Waals surface area contributed by atoms with Crippen LogP contribution in [0.15, 0.2) is 0 Å². The summed E-state index contributed by atoms with van der Waals surface area (Å²) < 4.78 is 26.3. The minimum absolute atomic E-state index is 0.0589. The first-order valence-corrected chi connectivity index (χ1v) is 9.94. The second-order valence-electron chi connectivity index (χ2n) is 6.41. The van der Waals surface area contributed by atoms with Crippen molar-refractivity contribution >= 4 is 15.7 Å². The van der Waals surface area contributed by atoms with E-state index in [1.165, 1.54) is 6.92 Å². The monoisotopic (exact) mass is 341 g/mol. The smallest absolute Gasteiger partial charge is 0.241 e. The molecule has 2 rings (SSSR count). The van der Waals surface area contributed by atoms with E-state index in [4.69, 9.17) is 0 Å². The lowest BCUT2D eigenvalue weighted by molar-refractivity contribution is -0.131. The first-order chi connectivity index (χ1) is 10.7. The molecule has 6 nitrogen and oxygen atoms in total. The molecule has 1 amide bonds. The first-order valence-electron chi connectivity index (χ1n) is 8.22. The molecule has 0 N–H and O–H groups in total. The van der Waals surface area contributed by atoms with Gasteiger partial charge in [-0.2, -0.15) is 5.10 Å². The molecule has 1 aliphatic heterocycles. The van der Waals surface area contributed by atoms with Crippen LogP contribution in [0.1, 0.15) is 56.1 Å². The van der Waals surface area contributed by atoms with E-state index >= 15 is 0 Å². The maximum absolute atomic E-state index is 12.8. The van der Waals surface area contributed by atoms with Gasteiger partial charge in [0.2, 0.25) is 5.91 Å². The van der Waals surface area contributed by atoms with Crippen molar-refractivity contribution < 1.29 is 13.2 Å². The first kappa shape index (κ1) is 18.0. The van der Waals surface area contributed by atoms with Gasteiger partial charge in [-0.15, -0.1) is 0 Å². The second kappa shape index (κ2) is 6.63. The highest BCUT2D eigenvalue weighted by molar-refractivity contribution is 7.92. The Kier molecular flexibility index (Phi) is 5.18. The van der Waals surface area contributed by atoms with E-state index < -0.39 is 15.1 Å². The Bertz CT molecular complexity index is 694. The highest BCUT2D eigenvalue weighted by Gasteiger charge is 2.38. The quantitative estimate of drug-likeness (QED) is 0.820. The SMILES string of the molecule is CCCS(=O)(=O)[C@@H](C)C(=O)N1CCC[C@H]1c1c(C)nn(C)c1C. The van der Waals surface area contributed by atoms with Gasteiger partial charge >= 0.3 is 0 Å². The van der Waals surface area contributed by atoms with Crippen LogP contribution in [0.25, 0.3) is 0 Å². The van der Waals surface area contributed by atoms with Gasteiger partial charge in [0.15, 0.2) is 9.84 Å². The molecule has 0 aliphatic carbocycles. The number of sulfone groups is 1. The summed E-state index contributed by atoms with van der Waals surface area (Å²) in [7, 11) is -1.49. The lowest BCUT2D eigenvalue weighted by Crippen LogP contribution is -2.42. The number of aryl methyl sites for hydroxylation is 2. The molecule has 0 bridgehead atoms. The van der Waals surface area contributed by atoms with Crippen LogP contribution in [0, 0.1) is 13.8 Å². The number of amides is 1. The molecular formula is C16H27N3O3S. The van der Waals surface area contributed by atoms with E-state index in [9.17, 15) is 13.2 Å². The maximum Gasteiger partial charge on any atom is 0.241 e. The molecule has 0 aromatic carbocycles. The van der Waals surface area contributed by atoms with Crippen molar-refractivity contribution in [3.8, 4) is 0 Å². The van der Waals surface area contributed by atoms with Crippen LogP contribution >= 0.6 is 0 Å². The van der Waals surface area contributed by atoms with Crippen molar-refractivity contribution in [3.63, 3.8) is 0 Å². The number of aromatic nitrogens is 2. The zero-order valence-electron chi connectivity index (χ0n) is 14.7. The molecule has 1 aromatic rings. The van der Waals surface area contributed by atoms with E-state index in [1.807, 2.05) is 32.5 Å².